The van der Waals surface area contributed by atoms with Crippen molar-refractivity contribution in [2.45, 2.75) is 31.5 Å². The minimum Gasteiger partial charge on any atom is -0.545 e. The van der Waals surface area contributed by atoms with E-state index in [0.717, 1.165) is 12.1 Å². The van der Waals surface area contributed by atoms with Crippen molar-refractivity contribution in [1.29, 1.82) is 0 Å². The van der Waals surface area contributed by atoms with Gasteiger partial charge in [-0.3, -0.25) is 0 Å². The van der Waals surface area contributed by atoms with Crippen molar-refractivity contribution < 1.29 is 27.9 Å². The van der Waals surface area contributed by atoms with E-state index in [1.807, 2.05) is 0 Å². The molecule has 28 heavy (non-hydrogen) atoms. The van der Waals surface area contributed by atoms with Crippen molar-refractivity contribution in [2.75, 3.05) is 0 Å². The number of carbonyl (C=O) groups is 1. The second-order valence-electron chi connectivity index (χ2n) is 6.30. The molecule has 0 bridgehead atoms. The molecule has 0 saturated heterocycles. The molecule has 1 heterocycles. The Morgan fingerprint density at radius 2 is 1.86 bits per heavy atom. The summed E-state index contributed by atoms with van der Waals surface area (Å²) in [7, 11) is 0. The van der Waals surface area contributed by atoms with Gasteiger partial charge in [0.1, 0.15) is 0 Å². The SMILES string of the molecule is CCc1cc(C2=NOC(c3cc(Cl)cc(Cl)c3)(C(F)(F)F)C2)ccc1C(=O)[O-]. The van der Waals surface area contributed by atoms with Crippen LogP contribution < -0.4 is 5.11 Å². The molecule has 0 amide bonds. The highest BCUT2D eigenvalue weighted by atomic mass is 35.5. The summed E-state index contributed by atoms with van der Waals surface area (Å²) in [6.07, 6.45) is -5.05. The Labute approximate surface area is 168 Å². The molecule has 2 aromatic carbocycles. The number of hydrogen-bond acceptors (Lipinski definition) is 4. The molecule has 0 spiro atoms. The van der Waals surface area contributed by atoms with Crippen LogP contribution in [0.15, 0.2) is 41.6 Å². The number of rotatable bonds is 4. The third kappa shape index (κ3) is 3.56. The third-order valence-corrected chi connectivity index (χ3v) is 4.99. The second-order valence-corrected chi connectivity index (χ2v) is 7.17. The zero-order valence-corrected chi connectivity index (χ0v) is 16.0. The first-order valence-corrected chi connectivity index (χ1v) is 8.96. The Kier molecular flexibility index (Phi) is 5.34. The number of halogens is 5. The molecule has 3 rings (SSSR count). The predicted octanol–water partition coefficient (Wildman–Crippen LogP) is 4.50. The van der Waals surface area contributed by atoms with Gasteiger partial charge in [-0.1, -0.05) is 47.4 Å². The summed E-state index contributed by atoms with van der Waals surface area (Å²) in [6, 6.07) is 7.73. The van der Waals surface area contributed by atoms with Gasteiger partial charge in [0.15, 0.2) is 0 Å². The van der Waals surface area contributed by atoms with Crippen molar-refractivity contribution in [2.24, 2.45) is 5.16 Å². The van der Waals surface area contributed by atoms with E-state index in [1.165, 1.54) is 24.3 Å². The van der Waals surface area contributed by atoms with Crippen LogP contribution >= 0.6 is 23.2 Å². The number of carbonyl (C=O) groups excluding carboxylic acids is 1. The van der Waals surface area contributed by atoms with Gasteiger partial charge in [-0.2, -0.15) is 13.2 Å². The molecule has 0 aliphatic carbocycles. The Morgan fingerprint density at radius 3 is 2.39 bits per heavy atom. The molecule has 0 fully saturated rings. The standard InChI is InChI=1S/C19H14Cl2F3NO3/c1-2-10-5-11(3-4-15(10)17(26)27)16-9-18(28-25-16,19(22,23)24)12-6-13(20)8-14(21)7-12/h3-8H,2,9H2,1H3,(H,26,27)/p-1. The summed E-state index contributed by atoms with van der Waals surface area (Å²) in [5, 5.41) is 14.9. The van der Waals surface area contributed by atoms with Gasteiger partial charge in [0, 0.05) is 27.6 Å². The van der Waals surface area contributed by atoms with Crippen molar-refractivity contribution in [3.8, 4) is 0 Å². The van der Waals surface area contributed by atoms with Gasteiger partial charge in [0.2, 0.25) is 0 Å². The largest absolute Gasteiger partial charge is 0.545 e. The summed E-state index contributed by atoms with van der Waals surface area (Å²) in [5.41, 5.74) is -2.23. The molecule has 1 atom stereocenters. The fraction of sp³-hybridized carbons (Fsp3) is 0.263. The maximum atomic E-state index is 14.0. The molecular formula is C19H13Cl2F3NO3-. The Morgan fingerprint density at radius 1 is 1.21 bits per heavy atom. The summed E-state index contributed by atoms with van der Waals surface area (Å²) < 4.78 is 42.0. The molecule has 0 N–H and O–H groups in total. The van der Waals surface area contributed by atoms with Gasteiger partial charge in [0.05, 0.1) is 11.7 Å². The van der Waals surface area contributed by atoms with Crippen LogP contribution in [0.5, 0.6) is 0 Å². The van der Waals surface area contributed by atoms with E-state index in [0.29, 0.717) is 17.5 Å². The van der Waals surface area contributed by atoms with Crippen LogP contribution in [0.25, 0.3) is 0 Å². The first-order chi connectivity index (χ1) is 13.1. The summed E-state index contributed by atoms with van der Waals surface area (Å²) in [6.45, 7) is 1.73. The predicted molar refractivity (Wildman–Crippen MR) is 96.6 cm³/mol. The van der Waals surface area contributed by atoms with Crippen LogP contribution in [0.3, 0.4) is 0 Å². The number of benzene rings is 2. The Bertz CT molecular complexity index is 955. The lowest BCUT2D eigenvalue weighted by Gasteiger charge is -2.29. The van der Waals surface area contributed by atoms with E-state index in [4.69, 9.17) is 28.0 Å². The summed E-state index contributed by atoms with van der Waals surface area (Å²) in [5.74, 6) is -1.36. The van der Waals surface area contributed by atoms with Crippen LogP contribution in [0.2, 0.25) is 10.0 Å². The maximum Gasteiger partial charge on any atom is 0.435 e. The van der Waals surface area contributed by atoms with Crippen molar-refractivity contribution in [1.82, 2.24) is 0 Å². The first kappa shape index (κ1) is 20.5. The number of carboxylic acid groups (broad SMARTS) is 1. The number of carboxylic acids is 1. The van der Waals surface area contributed by atoms with Gasteiger partial charge >= 0.3 is 6.18 Å². The third-order valence-electron chi connectivity index (χ3n) is 4.55. The second kappa shape index (κ2) is 7.29. The highest BCUT2D eigenvalue weighted by molar-refractivity contribution is 6.34. The minimum atomic E-state index is -4.80. The van der Waals surface area contributed by atoms with Gasteiger partial charge in [-0.15, -0.1) is 0 Å². The number of alkyl halides is 3. The van der Waals surface area contributed by atoms with E-state index >= 15 is 0 Å². The van der Waals surface area contributed by atoms with E-state index in [9.17, 15) is 23.1 Å². The zero-order valence-electron chi connectivity index (χ0n) is 14.4. The minimum absolute atomic E-state index is 0.0190. The summed E-state index contributed by atoms with van der Waals surface area (Å²) in [4.78, 5) is 16.1. The average Bonchev–Trinajstić information content (AvgIpc) is 3.07. The molecule has 0 saturated carbocycles. The number of aryl methyl sites for hydroxylation is 1. The number of aromatic carboxylic acids is 1. The van der Waals surface area contributed by atoms with Gasteiger partial charge in [0.25, 0.3) is 5.60 Å². The lowest BCUT2D eigenvalue weighted by Crippen LogP contribution is -2.42. The highest BCUT2D eigenvalue weighted by Crippen LogP contribution is 2.49. The summed E-state index contributed by atoms with van der Waals surface area (Å²) >= 11 is 11.7. The normalized spacial score (nSPS) is 19.3. The molecular weight excluding hydrogens is 418 g/mol. The van der Waals surface area contributed by atoms with Gasteiger partial charge < -0.3 is 14.7 Å². The quantitative estimate of drug-likeness (QED) is 0.716. The number of hydrogen-bond donors (Lipinski definition) is 0. The van der Waals surface area contributed by atoms with Crippen LogP contribution in [0, 0.1) is 0 Å². The van der Waals surface area contributed by atoms with Gasteiger partial charge in [-0.25, -0.2) is 0 Å². The zero-order chi connectivity index (χ0) is 20.7. The molecule has 1 aliphatic heterocycles. The fourth-order valence-corrected chi connectivity index (χ4v) is 3.64. The Balaban J connectivity index is 2.03. The molecule has 148 valence electrons. The molecule has 4 nitrogen and oxygen atoms in total. The lowest BCUT2D eigenvalue weighted by atomic mass is 9.86. The van der Waals surface area contributed by atoms with Crippen LogP contribution in [0.1, 0.15) is 40.4 Å². The van der Waals surface area contributed by atoms with Gasteiger partial charge in [-0.05, 0) is 41.8 Å². The van der Waals surface area contributed by atoms with E-state index < -0.39 is 24.2 Å². The van der Waals surface area contributed by atoms with E-state index in [-0.39, 0.29) is 26.9 Å². The lowest BCUT2D eigenvalue weighted by molar-refractivity contribution is -0.275. The van der Waals surface area contributed by atoms with E-state index in [2.05, 4.69) is 5.16 Å². The van der Waals surface area contributed by atoms with Crippen molar-refractivity contribution in [3.05, 3.63) is 68.7 Å². The topological polar surface area (TPSA) is 61.7 Å². The number of nitrogens with zero attached hydrogens (tertiary/aromatic N) is 1. The number of oxime groups is 1. The molecule has 0 radical (unpaired) electrons. The first-order valence-electron chi connectivity index (χ1n) is 8.20. The smallest absolute Gasteiger partial charge is 0.435 e. The fourth-order valence-electron chi connectivity index (χ4n) is 3.11. The molecule has 2 aromatic rings. The van der Waals surface area contributed by atoms with Crippen LogP contribution in [-0.4, -0.2) is 17.9 Å². The van der Waals surface area contributed by atoms with Crippen molar-refractivity contribution in [3.63, 3.8) is 0 Å². The Hall–Kier alpha value is -2.25. The highest BCUT2D eigenvalue weighted by Gasteiger charge is 2.62. The van der Waals surface area contributed by atoms with Crippen LogP contribution in [-0.2, 0) is 16.9 Å². The van der Waals surface area contributed by atoms with E-state index in [1.54, 1.807) is 6.92 Å². The molecule has 9 heteroatoms. The van der Waals surface area contributed by atoms with Crippen molar-refractivity contribution >= 4 is 34.9 Å². The maximum absolute atomic E-state index is 14.0. The van der Waals surface area contributed by atoms with Crippen LogP contribution in [0.4, 0.5) is 13.2 Å². The average molecular weight is 431 g/mol. The monoisotopic (exact) mass is 430 g/mol. The molecule has 1 aliphatic rings. The molecule has 1 unspecified atom stereocenters. The molecule has 0 aromatic heterocycles.